The van der Waals surface area contributed by atoms with E-state index in [2.05, 4.69) is 36.3 Å². The first-order valence-corrected chi connectivity index (χ1v) is 9.08. The summed E-state index contributed by atoms with van der Waals surface area (Å²) in [6.45, 7) is 4.72. The molecule has 0 saturated heterocycles. The van der Waals surface area contributed by atoms with E-state index >= 15 is 0 Å². The predicted molar refractivity (Wildman–Crippen MR) is 102 cm³/mol. The quantitative estimate of drug-likeness (QED) is 0.725. The molecule has 0 unspecified atom stereocenters. The van der Waals surface area contributed by atoms with Crippen molar-refractivity contribution in [3.63, 3.8) is 0 Å². The predicted octanol–water partition coefficient (Wildman–Crippen LogP) is 4.69. The summed E-state index contributed by atoms with van der Waals surface area (Å²) in [5, 5.41) is 5.36. The molecule has 0 amide bonds. The third-order valence-corrected chi connectivity index (χ3v) is 5.32. The van der Waals surface area contributed by atoms with Gasteiger partial charge in [-0.15, -0.1) is 0 Å². The van der Waals surface area contributed by atoms with Gasteiger partial charge in [0.05, 0.1) is 0 Å². The molecule has 0 bridgehead atoms. The van der Waals surface area contributed by atoms with Crippen LogP contribution < -0.4 is 10.1 Å². The molecule has 4 heteroatoms. The number of pyridine rings is 1. The molecule has 1 fully saturated rings. The number of fused-ring (bicyclic) bond motifs is 1. The Kier molecular flexibility index (Phi) is 4.60. The summed E-state index contributed by atoms with van der Waals surface area (Å²) in [5.74, 6) is 0.766. The lowest BCUT2D eigenvalue weighted by molar-refractivity contribution is 0.0842. The zero-order chi connectivity index (χ0) is 18.1. The van der Waals surface area contributed by atoms with E-state index in [4.69, 9.17) is 4.74 Å². The molecule has 26 heavy (non-hydrogen) atoms. The molecule has 1 aliphatic carbocycles. The van der Waals surface area contributed by atoms with Crippen LogP contribution >= 0.6 is 0 Å². The smallest absolute Gasteiger partial charge is 0.128 e. The minimum Gasteiger partial charge on any atom is -0.490 e. The lowest BCUT2D eigenvalue weighted by Crippen LogP contribution is -2.46. The molecule has 0 aliphatic heterocycles. The molecule has 1 N–H and O–H groups in total. The second-order valence-corrected chi connectivity index (χ2v) is 7.16. The number of halogens is 1. The van der Waals surface area contributed by atoms with Crippen molar-refractivity contribution in [1.29, 1.82) is 0 Å². The van der Waals surface area contributed by atoms with Gasteiger partial charge in [0, 0.05) is 35.9 Å². The number of rotatable bonds is 5. The normalized spacial score (nSPS) is 19.3. The SMILES string of the molecule is Cc1ccc(OC2CC(NCc3c(F)ccc4cnccc34)C2)cc1C. The summed E-state index contributed by atoms with van der Waals surface area (Å²) in [6.07, 6.45) is 5.61. The van der Waals surface area contributed by atoms with E-state index in [0.717, 1.165) is 29.4 Å². The molecule has 3 nitrogen and oxygen atoms in total. The highest BCUT2D eigenvalue weighted by Gasteiger charge is 2.30. The monoisotopic (exact) mass is 350 g/mol. The summed E-state index contributed by atoms with van der Waals surface area (Å²) in [6, 6.07) is 11.8. The summed E-state index contributed by atoms with van der Waals surface area (Å²) in [4.78, 5) is 4.11. The molecule has 0 atom stereocenters. The number of aromatic nitrogens is 1. The van der Waals surface area contributed by atoms with Crippen LogP contribution in [-0.2, 0) is 6.54 Å². The van der Waals surface area contributed by atoms with Gasteiger partial charge in [-0.05, 0) is 73.5 Å². The summed E-state index contributed by atoms with van der Waals surface area (Å²) in [5.41, 5.74) is 3.23. The summed E-state index contributed by atoms with van der Waals surface area (Å²) < 4.78 is 20.3. The number of aryl methyl sites for hydroxylation is 2. The average molecular weight is 350 g/mol. The minimum absolute atomic E-state index is 0.168. The molecule has 4 rings (SSSR count). The molecule has 0 radical (unpaired) electrons. The van der Waals surface area contributed by atoms with E-state index in [1.807, 2.05) is 12.1 Å². The lowest BCUT2D eigenvalue weighted by Gasteiger charge is -2.36. The maximum Gasteiger partial charge on any atom is 0.128 e. The van der Waals surface area contributed by atoms with Crippen LogP contribution in [0.25, 0.3) is 10.8 Å². The van der Waals surface area contributed by atoms with Crippen LogP contribution in [0.5, 0.6) is 5.75 Å². The molecule has 1 saturated carbocycles. The third kappa shape index (κ3) is 3.42. The van der Waals surface area contributed by atoms with Gasteiger partial charge >= 0.3 is 0 Å². The highest BCUT2D eigenvalue weighted by Crippen LogP contribution is 2.28. The van der Waals surface area contributed by atoms with E-state index in [9.17, 15) is 4.39 Å². The molecule has 1 aliphatic rings. The second kappa shape index (κ2) is 7.04. The fraction of sp³-hybridized carbons (Fsp3) is 0.318. The maximum atomic E-state index is 14.2. The second-order valence-electron chi connectivity index (χ2n) is 7.16. The van der Waals surface area contributed by atoms with Gasteiger partial charge in [-0.25, -0.2) is 4.39 Å². The summed E-state index contributed by atoms with van der Waals surface area (Å²) in [7, 11) is 0. The van der Waals surface area contributed by atoms with E-state index < -0.39 is 0 Å². The highest BCUT2D eigenvalue weighted by atomic mass is 19.1. The molecular formula is C22H23FN2O. The average Bonchev–Trinajstić information content (AvgIpc) is 2.61. The Morgan fingerprint density at radius 3 is 2.77 bits per heavy atom. The Bertz CT molecular complexity index is 935. The third-order valence-electron chi connectivity index (χ3n) is 5.32. The first-order valence-electron chi connectivity index (χ1n) is 9.08. The number of nitrogens with zero attached hydrogens (tertiary/aromatic N) is 1. The van der Waals surface area contributed by atoms with E-state index in [-0.39, 0.29) is 11.9 Å². The van der Waals surface area contributed by atoms with Gasteiger partial charge in [0.2, 0.25) is 0 Å². The van der Waals surface area contributed by atoms with Crippen molar-refractivity contribution in [3.8, 4) is 5.75 Å². The Morgan fingerprint density at radius 1 is 1.12 bits per heavy atom. The first kappa shape index (κ1) is 17.0. The molecule has 1 heterocycles. The fourth-order valence-electron chi connectivity index (χ4n) is 3.44. The molecule has 2 aromatic carbocycles. The van der Waals surface area contributed by atoms with Gasteiger partial charge in [-0.2, -0.15) is 0 Å². The van der Waals surface area contributed by atoms with Crippen LogP contribution in [-0.4, -0.2) is 17.1 Å². The van der Waals surface area contributed by atoms with Gasteiger partial charge < -0.3 is 10.1 Å². The van der Waals surface area contributed by atoms with Gasteiger partial charge in [-0.3, -0.25) is 4.98 Å². The molecule has 3 aromatic rings. The fourth-order valence-corrected chi connectivity index (χ4v) is 3.44. The molecule has 134 valence electrons. The zero-order valence-corrected chi connectivity index (χ0v) is 15.1. The number of nitrogens with one attached hydrogen (secondary N) is 1. The minimum atomic E-state index is -0.168. The number of ether oxygens (including phenoxy) is 1. The van der Waals surface area contributed by atoms with Gasteiger partial charge in [-0.1, -0.05) is 6.07 Å². The summed E-state index contributed by atoms with van der Waals surface area (Å²) >= 11 is 0. The van der Waals surface area contributed by atoms with E-state index in [1.54, 1.807) is 18.5 Å². The molecular weight excluding hydrogens is 327 g/mol. The largest absolute Gasteiger partial charge is 0.490 e. The van der Waals surface area contributed by atoms with Crippen LogP contribution in [0.4, 0.5) is 4.39 Å². The maximum absolute atomic E-state index is 14.2. The van der Waals surface area contributed by atoms with Crippen molar-refractivity contribution in [1.82, 2.24) is 10.3 Å². The highest BCUT2D eigenvalue weighted by molar-refractivity contribution is 5.84. The van der Waals surface area contributed by atoms with E-state index in [1.165, 1.54) is 17.2 Å². The van der Waals surface area contributed by atoms with Crippen LogP contribution in [0.1, 0.15) is 29.5 Å². The van der Waals surface area contributed by atoms with Crippen molar-refractivity contribution < 1.29 is 9.13 Å². The van der Waals surface area contributed by atoms with Gasteiger partial charge in [0.15, 0.2) is 0 Å². The zero-order valence-electron chi connectivity index (χ0n) is 15.1. The van der Waals surface area contributed by atoms with Crippen molar-refractivity contribution in [2.45, 2.75) is 45.4 Å². The topological polar surface area (TPSA) is 34.1 Å². The van der Waals surface area contributed by atoms with Gasteiger partial charge in [0.1, 0.15) is 17.7 Å². The van der Waals surface area contributed by atoms with Gasteiger partial charge in [0.25, 0.3) is 0 Å². The molecule has 1 aromatic heterocycles. The van der Waals surface area contributed by atoms with Crippen LogP contribution in [0.3, 0.4) is 0 Å². The van der Waals surface area contributed by atoms with Crippen LogP contribution in [0, 0.1) is 19.7 Å². The van der Waals surface area contributed by atoms with Crippen molar-refractivity contribution in [3.05, 3.63) is 71.3 Å². The van der Waals surface area contributed by atoms with Crippen LogP contribution in [0.2, 0.25) is 0 Å². The molecule has 0 spiro atoms. The Balaban J connectivity index is 1.34. The lowest BCUT2D eigenvalue weighted by atomic mass is 9.89. The Morgan fingerprint density at radius 2 is 1.96 bits per heavy atom. The standard InChI is InChI=1S/C22H23FN2O/c1-14-3-5-18(9-15(14)2)26-19-10-17(11-19)25-13-21-20-7-8-24-12-16(20)4-6-22(21)23/h3-9,12,17,19,25H,10-11,13H2,1-2H3. The van der Waals surface area contributed by atoms with E-state index in [0.29, 0.717) is 18.2 Å². The van der Waals surface area contributed by atoms with Crippen LogP contribution in [0.15, 0.2) is 48.8 Å². The first-order chi connectivity index (χ1) is 12.6. The number of benzene rings is 2. The number of hydrogen-bond acceptors (Lipinski definition) is 3. The number of hydrogen-bond donors (Lipinski definition) is 1. The van der Waals surface area contributed by atoms with Crippen molar-refractivity contribution >= 4 is 10.8 Å². The Labute approximate surface area is 153 Å². The van der Waals surface area contributed by atoms with Crippen molar-refractivity contribution in [2.24, 2.45) is 0 Å². The van der Waals surface area contributed by atoms with Crippen molar-refractivity contribution in [2.75, 3.05) is 0 Å². The Hall–Kier alpha value is -2.46.